The molecule has 3 fully saturated rings. The monoisotopic (exact) mass is 427 g/mol. The minimum Gasteiger partial charge on any atom is -0.328 e. The first-order valence-corrected chi connectivity index (χ1v) is 13.7. The van der Waals surface area contributed by atoms with Gasteiger partial charge in [0, 0.05) is 6.04 Å². The lowest BCUT2D eigenvalue weighted by Crippen LogP contribution is -2.31. The third kappa shape index (κ3) is 6.12. The fraction of sp³-hybridized carbons (Fsp3) is 0.793. The first kappa shape index (κ1) is 23.3. The largest absolute Gasteiger partial charge is 0.328 e. The van der Waals surface area contributed by atoms with Gasteiger partial charge in [0.25, 0.3) is 0 Å². The molecule has 0 heterocycles. The van der Waals surface area contributed by atoms with E-state index in [-0.39, 0.29) is 5.82 Å². The summed E-state index contributed by atoms with van der Waals surface area (Å²) in [5.41, 5.74) is 8.37. The summed E-state index contributed by atoms with van der Waals surface area (Å²) in [7, 11) is 0. The molecule has 2 heteroatoms. The summed E-state index contributed by atoms with van der Waals surface area (Å²) in [6.45, 7) is 2.28. The van der Waals surface area contributed by atoms with E-state index in [2.05, 4.69) is 19.1 Å². The SMILES string of the molecule is CCCCCC1CCC(c2ccc(C3CCC(C4CCC(N)CC4)CC3)cc2F)CC1. The summed E-state index contributed by atoms with van der Waals surface area (Å²) in [4.78, 5) is 0. The predicted octanol–water partition coefficient (Wildman–Crippen LogP) is 8.47. The van der Waals surface area contributed by atoms with E-state index in [9.17, 15) is 0 Å². The fourth-order valence-corrected chi connectivity index (χ4v) is 7.11. The van der Waals surface area contributed by atoms with Crippen molar-refractivity contribution in [2.75, 3.05) is 0 Å². The van der Waals surface area contributed by atoms with Crippen LogP contribution >= 0.6 is 0 Å². The summed E-state index contributed by atoms with van der Waals surface area (Å²) in [6, 6.07) is 6.79. The lowest BCUT2D eigenvalue weighted by Gasteiger charge is -2.37. The van der Waals surface area contributed by atoms with Gasteiger partial charge in [-0.2, -0.15) is 0 Å². The van der Waals surface area contributed by atoms with Crippen LogP contribution in [-0.4, -0.2) is 6.04 Å². The molecule has 1 aromatic carbocycles. The van der Waals surface area contributed by atoms with Crippen molar-refractivity contribution in [3.63, 3.8) is 0 Å². The van der Waals surface area contributed by atoms with Crippen molar-refractivity contribution in [1.29, 1.82) is 0 Å². The van der Waals surface area contributed by atoms with Gasteiger partial charge in [-0.25, -0.2) is 4.39 Å². The number of hydrogen-bond donors (Lipinski definition) is 1. The van der Waals surface area contributed by atoms with Crippen molar-refractivity contribution in [2.24, 2.45) is 23.5 Å². The van der Waals surface area contributed by atoms with Crippen molar-refractivity contribution >= 4 is 0 Å². The minimum absolute atomic E-state index is 0.0790. The summed E-state index contributed by atoms with van der Waals surface area (Å²) in [6.07, 6.45) is 20.7. The van der Waals surface area contributed by atoms with Gasteiger partial charge in [0.2, 0.25) is 0 Å². The smallest absolute Gasteiger partial charge is 0.126 e. The molecule has 2 N–H and O–H groups in total. The molecule has 1 nitrogen and oxygen atoms in total. The van der Waals surface area contributed by atoms with Crippen molar-refractivity contribution < 1.29 is 4.39 Å². The van der Waals surface area contributed by atoms with Gasteiger partial charge in [-0.15, -0.1) is 0 Å². The second kappa shape index (κ2) is 11.3. The molecule has 31 heavy (non-hydrogen) atoms. The Balaban J connectivity index is 1.27. The maximum atomic E-state index is 15.1. The maximum Gasteiger partial charge on any atom is 0.126 e. The fourth-order valence-electron chi connectivity index (χ4n) is 7.11. The number of nitrogens with two attached hydrogens (primary N) is 1. The molecular weight excluding hydrogens is 381 g/mol. The second-order valence-corrected chi connectivity index (χ2v) is 11.3. The zero-order valence-electron chi connectivity index (χ0n) is 20.0. The van der Waals surface area contributed by atoms with Crippen molar-refractivity contribution in [3.05, 3.63) is 35.1 Å². The minimum atomic E-state index is 0.0790. The first-order valence-electron chi connectivity index (χ1n) is 13.7. The molecule has 0 bridgehead atoms. The van der Waals surface area contributed by atoms with Gasteiger partial charge < -0.3 is 5.73 Å². The third-order valence-corrected chi connectivity index (χ3v) is 9.25. The van der Waals surface area contributed by atoms with E-state index in [1.165, 1.54) is 108 Å². The quantitative estimate of drug-likeness (QED) is 0.434. The molecule has 174 valence electrons. The third-order valence-electron chi connectivity index (χ3n) is 9.25. The van der Waals surface area contributed by atoms with E-state index in [1.54, 1.807) is 0 Å². The molecule has 0 aliphatic heterocycles. The average molecular weight is 428 g/mol. The molecule has 0 saturated heterocycles. The number of halogens is 1. The van der Waals surface area contributed by atoms with E-state index in [0.29, 0.717) is 17.9 Å². The normalized spacial score (nSPS) is 34.5. The van der Waals surface area contributed by atoms with Crippen LogP contribution in [0.4, 0.5) is 4.39 Å². The van der Waals surface area contributed by atoms with Crippen LogP contribution in [0.3, 0.4) is 0 Å². The van der Waals surface area contributed by atoms with E-state index in [1.807, 2.05) is 6.07 Å². The van der Waals surface area contributed by atoms with Crippen LogP contribution in [0.25, 0.3) is 0 Å². The molecule has 0 unspecified atom stereocenters. The van der Waals surface area contributed by atoms with E-state index >= 15 is 4.39 Å². The van der Waals surface area contributed by atoms with Gasteiger partial charge in [-0.1, -0.05) is 44.7 Å². The van der Waals surface area contributed by atoms with Crippen molar-refractivity contribution in [2.45, 2.75) is 128 Å². The van der Waals surface area contributed by atoms with Crippen LogP contribution in [-0.2, 0) is 0 Å². The van der Waals surface area contributed by atoms with Gasteiger partial charge in [-0.05, 0) is 124 Å². The Hall–Kier alpha value is -0.890. The molecule has 3 saturated carbocycles. The average Bonchev–Trinajstić information content (AvgIpc) is 2.80. The molecule has 0 spiro atoms. The van der Waals surface area contributed by atoms with Crippen LogP contribution in [0.5, 0.6) is 0 Å². The van der Waals surface area contributed by atoms with Crippen molar-refractivity contribution in [3.8, 4) is 0 Å². The lowest BCUT2D eigenvalue weighted by atomic mass is 9.69. The zero-order chi connectivity index (χ0) is 21.6. The van der Waals surface area contributed by atoms with Gasteiger partial charge in [0.05, 0.1) is 0 Å². The summed E-state index contributed by atoms with van der Waals surface area (Å²) in [5.74, 6) is 3.78. The Kier molecular flexibility index (Phi) is 8.49. The summed E-state index contributed by atoms with van der Waals surface area (Å²) >= 11 is 0. The topological polar surface area (TPSA) is 26.0 Å². The second-order valence-electron chi connectivity index (χ2n) is 11.3. The molecule has 1 aromatic rings. The molecule has 4 rings (SSSR count). The standard InChI is InChI=1S/C29H46FN/c1-2-3-4-5-21-6-8-25(9-7-21)28-19-16-26(20-29(28)30)24-12-10-22(11-13-24)23-14-17-27(31)18-15-23/h16,19-25,27H,2-15,17-18,31H2,1H3. The van der Waals surface area contributed by atoms with Crippen LogP contribution in [0.2, 0.25) is 0 Å². The lowest BCUT2D eigenvalue weighted by molar-refractivity contribution is 0.177. The molecule has 0 atom stereocenters. The Morgan fingerprint density at radius 2 is 1.39 bits per heavy atom. The summed E-state index contributed by atoms with van der Waals surface area (Å²) in [5, 5.41) is 0. The first-order chi connectivity index (χ1) is 15.1. The molecule has 0 amide bonds. The van der Waals surface area contributed by atoms with Crippen molar-refractivity contribution in [1.82, 2.24) is 0 Å². The van der Waals surface area contributed by atoms with E-state index in [0.717, 1.165) is 23.3 Å². The summed E-state index contributed by atoms with van der Waals surface area (Å²) < 4.78 is 15.1. The van der Waals surface area contributed by atoms with Gasteiger partial charge in [0.1, 0.15) is 5.82 Å². The Morgan fingerprint density at radius 1 is 0.774 bits per heavy atom. The van der Waals surface area contributed by atoms with Crippen LogP contribution in [0.1, 0.15) is 133 Å². The Morgan fingerprint density at radius 3 is 2.00 bits per heavy atom. The highest BCUT2D eigenvalue weighted by Gasteiger charge is 2.31. The maximum absolute atomic E-state index is 15.1. The highest BCUT2D eigenvalue weighted by atomic mass is 19.1. The van der Waals surface area contributed by atoms with Gasteiger partial charge in [-0.3, -0.25) is 0 Å². The van der Waals surface area contributed by atoms with E-state index in [4.69, 9.17) is 5.73 Å². The highest BCUT2D eigenvalue weighted by Crippen LogP contribution is 2.44. The van der Waals surface area contributed by atoms with E-state index < -0.39 is 0 Å². The molecule has 3 aliphatic carbocycles. The Bertz CT molecular complexity index is 661. The number of benzene rings is 1. The van der Waals surface area contributed by atoms with Crippen LogP contribution in [0.15, 0.2) is 18.2 Å². The molecule has 0 aromatic heterocycles. The Labute approximate surface area is 190 Å². The highest BCUT2D eigenvalue weighted by molar-refractivity contribution is 5.30. The zero-order valence-corrected chi connectivity index (χ0v) is 20.0. The number of rotatable bonds is 7. The molecular formula is C29H46FN. The molecule has 0 radical (unpaired) electrons. The molecule has 3 aliphatic rings. The van der Waals surface area contributed by atoms with Gasteiger partial charge >= 0.3 is 0 Å². The van der Waals surface area contributed by atoms with Crippen LogP contribution in [0, 0.1) is 23.6 Å². The number of unbranched alkanes of at least 4 members (excludes halogenated alkanes) is 2. The van der Waals surface area contributed by atoms with Crippen LogP contribution < -0.4 is 5.73 Å². The predicted molar refractivity (Wildman–Crippen MR) is 130 cm³/mol. The van der Waals surface area contributed by atoms with Gasteiger partial charge in [0.15, 0.2) is 0 Å². The number of hydrogen-bond acceptors (Lipinski definition) is 1.